The quantitative estimate of drug-likeness (QED) is 0.680. The van der Waals surface area contributed by atoms with Crippen LogP contribution in [-0.2, 0) is 6.42 Å². The van der Waals surface area contributed by atoms with E-state index in [1.165, 1.54) is 30.4 Å². The number of phenolic OH excluding ortho intramolecular Hbond substituents is 1. The van der Waals surface area contributed by atoms with Gasteiger partial charge >= 0.3 is 0 Å². The van der Waals surface area contributed by atoms with E-state index in [0.29, 0.717) is 11.8 Å². The first-order valence-electron chi connectivity index (χ1n) is 7.86. The van der Waals surface area contributed by atoms with Gasteiger partial charge in [-0.3, -0.25) is 0 Å². The summed E-state index contributed by atoms with van der Waals surface area (Å²) in [4.78, 5) is 0. The monoisotopic (exact) mass is 319 g/mol. The molecule has 0 aliphatic carbocycles. The van der Waals surface area contributed by atoms with Gasteiger partial charge in [-0.15, -0.1) is 12.4 Å². The molecule has 0 heterocycles. The van der Waals surface area contributed by atoms with Crippen LogP contribution in [0, 0.1) is 0 Å². The Hall–Kier alpha value is -1.51. The molecule has 1 unspecified atom stereocenters. The summed E-state index contributed by atoms with van der Waals surface area (Å²) in [5.74, 6) is 0.322. The third-order valence-corrected chi connectivity index (χ3v) is 3.75. The lowest BCUT2D eigenvalue weighted by molar-refractivity contribution is 0.473. The smallest absolute Gasteiger partial charge is 0.115 e. The van der Waals surface area contributed by atoms with Gasteiger partial charge in [-0.2, -0.15) is 0 Å². The van der Waals surface area contributed by atoms with Gasteiger partial charge in [0.15, 0.2) is 0 Å². The number of unbranched alkanes of at least 4 members (excludes halogenated alkanes) is 2. The molecule has 0 radical (unpaired) electrons. The van der Waals surface area contributed by atoms with Crippen LogP contribution in [-0.4, -0.2) is 11.7 Å². The van der Waals surface area contributed by atoms with E-state index in [4.69, 9.17) is 0 Å². The van der Waals surface area contributed by atoms with Crippen molar-refractivity contribution in [3.05, 3.63) is 65.7 Å². The van der Waals surface area contributed by atoms with Crippen molar-refractivity contribution >= 4 is 12.4 Å². The first-order valence-corrected chi connectivity index (χ1v) is 7.86. The molecule has 3 heteroatoms. The van der Waals surface area contributed by atoms with E-state index < -0.39 is 0 Å². The van der Waals surface area contributed by atoms with Gasteiger partial charge in [-0.05, 0) is 42.6 Å². The van der Waals surface area contributed by atoms with Crippen molar-refractivity contribution in [2.75, 3.05) is 6.54 Å². The first kappa shape index (κ1) is 18.5. The number of aromatic hydroxyl groups is 1. The van der Waals surface area contributed by atoms with Crippen molar-refractivity contribution in [1.82, 2.24) is 5.32 Å². The van der Waals surface area contributed by atoms with E-state index >= 15 is 0 Å². The molecule has 2 nitrogen and oxygen atoms in total. The number of phenols is 1. The number of hydrogen-bond donors (Lipinski definition) is 2. The number of hydrogen-bond acceptors (Lipinski definition) is 2. The molecule has 0 aromatic heterocycles. The highest BCUT2D eigenvalue weighted by Gasteiger charge is 2.11. The molecule has 2 rings (SSSR count). The highest BCUT2D eigenvalue weighted by Crippen LogP contribution is 2.21. The fourth-order valence-corrected chi connectivity index (χ4v) is 2.52. The Labute approximate surface area is 140 Å². The summed E-state index contributed by atoms with van der Waals surface area (Å²) in [5.41, 5.74) is 2.56. The zero-order valence-electron chi connectivity index (χ0n) is 13.2. The van der Waals surface area contributed by atoms with Crippen molar-refractivity contribution in [2.45, 2.75) is 38.6 Å². The minimum Gasteiger partial charge on any atom is -0.508 e. The van der Waals surface area contributed by atoms with Gasteiger partial charge in [-0.25, -0.2) is 0 Å². The molecule has 2 aromatic carbocycles. The van der Waals surface area contributed by atoms with E-state index in [0.717, 1.165) is 13.0 Å². The zero-order valence-corrected chi connectivity index (χ0v) is 14.0. The van der Waals surface area contributed by atoms with Gasteiger partial charge in [0.1, 0.15) is 5.75 Å². The maximum atomic E-state index is 9.45. The van der Waals surface area contributed by atoms with Crippen molar-refractivity contribution in [3.8, 4) is 5.75 Å². The molecule has 0 fully saturated rings. The molecule has 0 bridgehead atoms. The van der Waals surface area contributed by atoms with Crippen molar-refractivity contribution in [2.24, 2.45) is 0 Å². The van der Waals surface area contributed by atoms with Crippen LogP contribution in [0.3, 0.4) is 0 Å². The lowest BCUT2D eigenvalue weighted by atomic mass is 9.98. The summed E-state index contributed by atoms with van der Waals surface area (Å²) >= 11 is 0. The summed E-state index contributed by atoms with van der Waals surface area (Å²) < 4.78 is 0. The van der Waals surface area contributed by atoms with Crippen LogP contribution < -0.4 is 5.32 Å². The van der Waals surface area contributed by atoms with E-state index in [9.17, 15) is 5.11 Å². The largest absolute Gasteiger partial charge is 0.508 e. The Morgan fingerprint density at radius 3 is 2.27 bits per heavy atom. The fraction of sp³-hybridized carbons (Fsp3) is 0.368. The minimum atomic E-state index is 0. The van der Waals surface area contributed by atoms with Crippen LogP contribution in [0.25, 0.3) is 0 Å². The van der Waals surface area contributed by atoms with E-state index in [2.05, 4.69) is 36.5 Å². The molecule has 0 amide bonds. The van der Waals surface area contributed by atoms with E-state index in [1.54, 1.807) is 12.1 Å². The molecule has 2 N–H and O–H groups in total. The molecule has 22 heavy (non-hydrogen) atoms. The van der Waals surface area contributed by atoms with Crippen molar-refractivity contribution < 1.29 is 5.11 Å². The molecular formula is C19H26ClNO. The maximum Gasteiger partial charge on any atom is 0.115 e. The summed E-state index contributed by atoms with van der Waals surface area (Å²) in [6.45, 7) is 3.26. The average Bonchev–Trinajstić information content (AvgIpc) is 2.52. The highest BCUT2D eigenvalue weighted by molar-refractivity contribution is 5.85. The topological polar surface area (TPSA) is 32.3 Å². The van der Waals surface area contributed by atoms with E-state index in [-0.39, 0.29) is 12.4 Å². The summed E-state index contributed by atoms with van der Waals surface area (Å²) in [6.07, 6.45) is 4.68. The van der Waals surface area contributed by atoms with Gasteiger partial charge in [0.05, 0.1) is 0 Å². The maximum absolute atomic E-state index is 9.45. The molecule has 0 aliphatic heterocycles. The second-order valence-electron chi connectivity index (χ2n) is 5.50. The van der Waals surface area contributed by atoms with Gasteiger partial charge in [0.2, 0.25) is 0 Å². The summed E-state index contributed by atoms with van der Waals surface area (Å²) in [6, 6.07) is 18.4. The molecule has 120 valence electrons. The van der Waals surface area contributed by atoms with Crippen LogP contribution >= 0.6 is 12.4 Å². The highest BCUT2D eigenvalue weighted by atomic mass is 35.5. The Morgan fingerprint density at radius 1 is 0.955 bits per heavy atom. The normalized spacial score (nSPS) is 11.7. The molecule has 1 atom stereocenters. The third-order valence-electron chi connectivity index (χ3n) is 3.75. The van der Waals surface area contributed by atoms with Crippen LogP contribution in [0.2, 0.25) is 0 Å². The number of benzene rings is 2. The standard InChI is InChI=1S/C19H25NO.ClH/c1-2-3-7-14-20-19(15-16-8-5-4-6-9-16)17-10-12-18(21)13-11-17;/h4-6,8-13,19-21H,2-3,7,14-15H2,1H3;1H. The lowest BCUT2D eigenvalue weighted by Gasteiger charge is -2.19. The van der Waals surface area contributed by atoms with Gasteiger partial charge < -0.3 is 10.4 Å². The summed E-state index contributed by atoms with van der Waals surface area (Å²) in [5, 5.41) is 13.1. The van der Waals surface area contributed by atoms with Gasteiger partial charge in [0.25, 0.3) is 0 Å². The van der Waals surface area contributed by atoms with Crippen molar-refractivity contribution in [3.63, 3.8) is 0 Å². The zero-order chi connectivity index (χ0) is 14.9. The second-order valence-corrected chi connectivity index (χ2v) is 5.50. The minimum absolute atomic E-state index is 0. The van der Waals surface area contributed by atoms with E-state index in [1.807, 2.05) is 18.2 Å². The van der Waals surface area contributed by atoms with Gasteiger partial charge in [0, 0.05) is 6.04 Å². The number of nitrogens with one attached hydrogen (secondary N) is 1. The predicted molar refractivity (Wildman–Crippen MR) is 95.8 cm³/mol. The molecular weight excluding hydrogens is 294 g/mol. The first-order chi connectivity index (χ1) is 10.3. The number of halogens is 1. The Morgan fingerprint density at radius 2 is 1.64 bits per heavy atom. The Balaban J connectivity index is 0.00000242. The van der Waals surface area contributed by atoms with Crippen molar-refractivity contribution in [1.29, 1.82) is 0 Å². The molecule has 0 saturated carbocycles. The third kappa shape index (κ3) is 6.08. The molecule has 0 spiro atoms. The fourth-order valence-electron chi connectivity index (χ4n) is 2.52. The molecule has 2 aromatic rings. The van der Waals surface area contributed by atoms with Crippen LogP contribution in [0.4, 0.5) is 0 Å². The van der Waals surface area contributed by atoms with Gasteiger partial charge in [-0.1, -0.05) is 62.2 Å². The lowest BCUT2D eigenvalue weighted by Crippen LogP contribution is -2.24. The predicted octanol–water partition coefficient (Wildman–Crippen LogP) is 4.88. The SMILES string of the molecule is CCCCCNC(Cc1ccccc1)c1ccc(O)cc1.Cl. The summed E-state index contributed by atoms with van der Waals surface area (Å²) in [7, 11) is 0. The van der Waals surface area contributed by atoms with Crippen LogP contribution in [0.1, 0.15) is 43.4 Å². The average molecular weight is 320 g/mol. The van der Waals surface area contributed by atoms with Crippen LogP contribution in [0.5, 0.6) is 5.75 Å². The Bertz CT molecular complexity index is 513. The molecule has 0 aliphatic rings. The Kier molecular flexibility index (Phi) is 8.64. The second kappa shape index (κ2) is 10.3. The number of rotatable bonds is 8. The molecule has 0 saturated heterocycles. The van der Waals surface area contributed by atoms with Crippen LogP contribution in [0.15, 0.2) is 54.6 Å².